The summed E-state index contributed by atoms with van der Waals surface area (Å²) in [5.74, 6) is 0.480. The van der Waals surface area contributed by atoms with Crippen LogP contribution in [0.2, 0.25) is 0 Å². The van der Waals surface area contributed by atoms with Crippen LogP contribution in [0, 0.1) is 6.92 Å². The second kappa shape index (κ2) is 6.87. The maximum absolute atomic E-state index is 12.6. The normalized spacial score (nSPS) is 13.5. The number of nitrogens with one attached hydrogen (secondary N) is 1. The molecule has 5 nitrogen and oxygen atoms in total. The van der Waals surface area contributed by atoms with Gasteiger partial charge in [0.15, 0.2) is 0 Å². The molecule has 0 aliphatic heterocycles. The van der Waals surface area contributed by atoms with E-state index in [-0.39, 0.29) is 5.91 Å². The van der Waals surface area contributed by atoms with E-state index in [0.29, 0.717) is 11.4 Å². The van der Waals surface area contributed by atoms with Crippen molar-refractivity contribution in [3.05, 3.63) is 70.9 Å². The van der Waals surface area contributed by atoms with Gasteiger partial charge in [0.25, 0.3) is 5.91 Å². The van der Waals surface area contributed by atoms with Crippen LogP contribution in [0.5, 0.6) is 0 Å². The first kappa shape index (κ1) is 17.1. The number of thiazole rings is 1. The van der Waals surface area contributed by atoms with Gasteiger partial charge in [-0.3, -0.25) is 4.79 Å². The first-order valence-electron chi connectivity index (χ1n) is 9.53. The van der Waals surface area contributed by atoms with Crippen LogP contribution in [-0.2, 0) is 12.8 Å². The largest absolute Gasteiger partial charge is 0.306 e. The number of amides is 1. The number of anilines is 1. The zero-order valence-electron chi connectivity index (χ0n) is 15.6. The van der Waals surface area contributed by atoms with E-state index in [4.69, 9.17) is 4.98 Å². The monoisotopic (exact) mass is 388 g/mol. The van der Waals surface area contributed by atoms with E-state index in [1.54, 1.807) is 28.2 Å². The number of carbonyl (C=O) groups is 1. The fourth-order valence-corrected chi connectivity index (χ4v) is 4.72. The van der Waals surface area contributed by atoms with E-state index < -0.39 is 0 Å². The summed E-state index contributed by atoms with van der Waals surface area (Å²) in [6.45, 7) is 1.92. The summed E-state index contributed by atoms with van der Waals surface area (Å²) < 4.78 is 2.91. The Hall–Kier alpha value is -2.99. The Balaban J connectivity index is 1.52. The Kier molecular flexibility index (Phi) is 4.20. The van der Waals surface area contributed by atoms with Crippen LogP contribution in [0.3, 0.4) is 0 Å². The number of benzene rings is 2. The van der Waals surface area contributed by atoms with Crippen molar-refractivity contribution in [2.45, 2.75) is 32.6 Å². The molecule has 2 aromatic carbocycles. The van der Waals surface area contributed by atoms with E-state index in [1.807, 2.05) is 31.2 Å². The quantitative estimate of drug-likeness (QED) is 0.542. The van der Waals surface area contributed by atoms with Crippen LogP contribution in [0.4, 0.5) is 5.82 Å². The van der Waals surface area contributed by atoms with Gasteiger partial charge in [-0.2, -0.15) is 9.78 Å². The third-order valence-electron chi connectivity index (χ3n) is 5.13. The number of aryl methyl sites for hydroxylation is 3. The van der Waals surface area contributed by atoms with Gasteiger partial charge in [0.2, 0.25) is 5.13 Å². The number of hydrogen-bond donors (Lipinski definition) is 1. The second-order valence-corrected chi connectivity index (χ2v) is 8.20. The minimum Gasteiger partial charge on any atom is -0.306 e. The first-order chi connectivity index (χ1) is 13.7. The van der Waals surface area contributed by atoms with E-state index in [1.165, 1.54) is 28.7 Å². The highest BCUT2D eigenvalue weighted by atomic mass is 32.1. The second-order valence-electron chi connectivity index (χ2n) is 7.20. The van der Waals surface area contributed by atoms with Gasteiger partial charge in [0.05, 0.1) is 15.9 Å². The predicted octanol–water partition coefficient (Wildman–Crippen LogP) is 4.92. The summed E-state index contributed by atoms with van der Waals surface area (Å²) in [4.78, 5) is 17.4. The van der Waals surface area contributed by atoms with Crippen LogP contribution in [-0.4, -0.2) is 20.7 Å². The fourth-order valence-electron chi connectivity index (χ4n) is 3.75. The van der Waals surface area contributed by atoms with Crippen molar-refractivity contribution in [1.29, 1.82) is 0 Å². The lowest BCUT2D eigenvalue weighted by molar-refractivity contribution is 0.102. The summed E-state index contributed by atoms with van der Waals surface area (Å²) in [5, 5.41) is 8.32. The molecule has 1 N–H and O–H groups in total. The van der Waals surface area contributed by atoms with Crippen LogP contribution < -0.4 is 5.32 Å². The molecule has 5 rings (SSSR count). The number of rotatable bonds is 3. The van der Waals surface area contributed by atoms with Gasteiger partial charge < -0.3 is 5.32 Å². The first-order valence-corrected chi connectivity index (χ1v) is 10.3. The Morgan fingerprint density at radius 2 is 1.82 bits per heavy atom. The predicted molar refractivity (Wildman–Crippen MR) is 113 cm³/mol. The molecule has 28 heavy (non-hydrogen) atoms. The highest BCUT2D eigenvalue weighted by molar-refractivity contribution is 7.20. The van der Waals surface area contributed by atoms with Gasteiger partial charge in [0, 0.05) is 11.6 Å². The van der Waals surface area contributed by atoms with Gasteiger partial charge in [0.1, 0.15) is 5.82 Å². The summed E-state index contributed by atoms with van der Waals surface area (Å²) >= 11 is 1.61. The topological polar surface area (TPSA) is 59.8 Å². The van der Waals surface area contributed by atoms with Crippen LogP contribution in [0.1, 0.15) is 40.0 Å². The molecule has 1 aliphatic carbocycles. The summed E-state index contributed by atoms with van der Waals surface area (Å²) in [6, 6.07) is 15.6. The molecule has 1 aliphatic rings. The summed E-state index contributed by atoms with van der Waals surface area (Å²) in [6.07, 6.45) is 4.80. The van der Waals surface area contributed by atoms with Crippen molar-refractivity contribution in [2.75, 3.05) is 5.32 Å². The Labute approximate surface area is 167 Å². The van der Waals surface area contributed by atoms with Crippen molar-refractivity contribution >= 4 is 33.3 Å². The molecule has 2 aromatic heterocycles. The summed E-state index contributed by atoms with van der Waals surface area (Å²) in [7, 11) is 0. The Morgan fingerprint density at radius 3 is 2.61 bits per heavy atom. The van der Waals surface area contributed by atoms with E-state index in [0.717, 1.165) is 29.2 Å². The molecule has 2 heterocycles. The molecule has 4 aromatic rings. The van der Waals surface area contributed by atoms with Crippen molar-refractivity contribution in [2.24, 2.45) is 0 Å². The van der Waals surface area contributed by atoms with Crippen LogP contribution >= 0.6 is 11.3 Å². The average Bonchev–Trinajstić information content (AvgIpc) is 3.29. The number of carbonyl (C=O) groups excluding carboxylic acids is 1. The highest BCUT2D eigenvalue weighted by Crippen LogP contribution is 2.32. The fraction of sp³-hybridized carbons (Fsp3) is 0.227. The molecular formula is C22H20N4OS. The lowest BCUT2D eigenvalue weighted by Crippen LogP contribution is -2.14. The summed E-state index contributed by atoms with van der Waals surface area (Å²) in [5.41, 5.74) is 5.33. The molecule has 0 spiro atoms. The number of aromatic nitrogens is 3. The minimum absolute atomic E-state index is 0.154. The van der Waals surface area contributed by atoms with Crippen LogP contribution in [0.15, 0.2) is 48.5 Å². The molecule has 0 saturated carbocycles. The van der Waals surface area contributed by atoms with Gasteiger partial charge in [-0.05, 0) is 68.0 Å². The highest BCUT2D eigenvalue weighted by Gasteiger charge is 2.17. The SMILES string of the molecule is Cc1cc(NC(=O)c2ccccc2)n(-c2nc3cc4c(cc3s2)CCCC4)n1. The maximum Gasteiger partial charge on any atom is 0.256 e. The van der Waals surface area contributed by atoms with Gasteiger partial charge >= 0.3 is 0 Å². The molecule has 0 bridgehead atoms. The van der Waals surface area contributed by atoms with Crippen molar-refractivity contribution < 1.29 is 4.79 Å². The molecule has 140 valence electrons. The van der Waals surface area contributed by atoms with Gasteiger partial charge in [-0.1, -0.05) is 29.5 Å². The molecule has 6 heteroatoms. The lowest BCUT2D eigenvalue weighted by atomic mass is 9.92. The maximum atomic E-state index is 12.6. The smallest absolute Gasteiger partial charge is 0.256 e. The van der Waals surface area contributed by atoms with Crippen LogP contribution in [0.25, 0.3) is 15.3 Å². The van der Waals surface area contributed by atoms with Crippen molar-refractivity contribution in [3.63, 3.8) is 0 Å². The van der Waals surface area contributed by atoms with Crippen molar-refractivity contribution in [3.8, 4) is 5.13 Å². The third kappa shape index (κ3) is 3.10. The third-order valence-corrected chi connectivity index (χ3v) is 6.12. The van der Waals surface area contributed by atoms with Crippen molar-refractivity contribution in [1.82, 2.24) is 14.8 Å². The molecule has 0 atom stereocenters. The average molecular weight is 388 g/mol. The Morgan fingerprint density at radius 1 is 1.07 bits per heavy atom. The number of fused-ring (bicyclic) bond motifs is 2. The van der Waals surface area contributed by atoms with E-state index >= 15 is 0 Å². The number of hydrogen-bond acceptors (Lipinski definition) is 4. The van der Waals surface area contributed by atoms with E-state index in [2.05, 4.69) is 22.5 Å². The van der Waals surface area contributed by atoms with Gasteiger partial charge in [-0.15, -0.1) is 0 Å². The Bertz CT molecular complexity index is 1130. The minimum atomic E-state index is -0.154. The standard InChI is InChI=1S/C22H20N4OS/c1-14-11-20(24-21(27)15-7-3-2-4-8-15)26(25-14)22-23-18-12-16-9-5-6-10-17(16)13-19(18)28-22/h2-4,7-8,11-13H,5-6,9-10H2,1H3,(H,24,27). The number of nitrogens with zero attached hydrogens (tertiary/aromatic N) is 3. The molecule has 0 unspecified atom stereocenters. The molecule has 0 fully saturated rings. The van der Waals surface area contributed by atoms with Gasteiger partial charge in [-0.25, -0.2) is 4.98 Å². The zero-order valence-corrected chi connectivity index (χ0v) is 16.4. The molecular weight excluding hydrogens is 368 g/mol. The molecule has 0 saturated heterocycles. The molecule has 1 amide bonds. The van der Waals surface area contributed by atoms with E-state index in [9.17, 15) is 4.79 Å². The molecule has 0 radical (unpaired) electrons. The zero-order chi connectivity index (χ0) is 19.1. The lowest BCUT2D eigenvalue weighted by Gasteiger charge is -2.14.